The van der Waals surface area contributed by atoms with Crippen LogP contribution in [0.1, 0.15) is 11.1 Å². The Morgan fingerprint density at radius 1 is 1.31 bits per heavy atom. The Hall–Kier alpha value is -2.15. The minimum atomic E-state index is 0.612. The minimum absolute atomic E-state index is 0.612. The number of hydrogen-bond acceptors (Lipinski definition) is 3. The number of benzene rings is 1. The molecule has 1 radical (unpaired) electrons. The lowest BCUT2D eigenvalue weighted by molar-refractivity contribution is 0.813. The predicted molar refractivity (Wildman–Crippen MR) is 48.3 cm³/mol. The molecule has 0 aliphatic carbocycles. The van der Waals surface area contributed by atoms with E-state index in [1.165, 1.54) is 0 Å². The maximum atomic E-state index is 8.66. The lowest BCUT2D eigenvalue weighted by Gasteiger charge is -1.95. The Morgan fingerprint density at radius 2 is 2.23 bits per heavy atom. The van der Waals surface area contributed by atoms with E-state index in [0.29, 0.717) is 11.3 Å². The van der Waals surface area contributed by atoms with Crippen LogP contribution in [0, 0.1) is 11.3 Å². The second kappa shape index (κ2) is 3.07. The van der Waals surface area contributed by atoms with Gasteiger partial charge in [0.2, 0.25) is 0 Å². The molecule has 0 spiro atoms. The number of nitriles is 1. The van der Waals surface area contributed by atoms with Crippen molar-refractivity contribution in [3.05, 3.63) is 35.4 Å². The molecule has 0 atom stereocenters. The van der Waals surface area contributed by atoms with Crippen LogP contribution in [0.3, 0.4) is 0 Å². The summed E-state index contributed by atoms with van der Waals surface area (Å²) in [5.41, 5.74) is 5.64. The zero-order valence-corrected chi connectivity index (χ0v) is 6.68. The fraction of sp³-hybridized carbons (Fsp3) is 0. The summed E-state index contributed by atoms with van der Waals surface area (Å²) in [6, 6.07) is 9.24. The molecule has 0 amide bonds. The maximum absolute atomic E-state index is 8.66. The van der Waals surface area contributed by atoms with Crippen LogP contribution in [0.4, 0.5) is 0 Å². The molecular formula is C9H5N4. The first kappa shape index (κ1) is 7.50. The van der Waals surface area contributed by atoms with Crippen LogP contribution >= 0.6 is 0 Å². The van der Waals surface area contributed by atoms with E-state index >= 15 is 0 Å². The highest BCUT2D eigenvalue weighted by molar-refractivity contribution is 6.38. The average Bonchev–Trinajstić information content (AvgIpc) is 2.71. The third-order valence-electron chi connectivity index (χ3n) is 1.67. The van der Waals surface area contributed by atoms with Crippen LogP contribution in [0.25, 0.3) is 0 Å². The van der Waals surface area contributed by atoms with Gasteiger partial charge in [-0.25, -0.2) is 0 Å². The van der Waals surface area contributed by atoms with Crippen LogP contribution < -0.4 is 5.53 Å². The first-order valence-corrected chi connectivity index (χ1v) is 3.72. The summed E-state index contributed by atoms with van der Waals surface area (Å²) in [6.45, 7) is 0. The van der Waals surface area contributed by atoms with Crippen LogP contribution in [-0.4, -0.2) is 11.9 Å². The molecule has 0 fully saturated rings. The van der Waals surface area contributed by atoms with E-state index in [2.05, 4.69) is 21.8 Å². The summed E-state index contributed by atoms with van der Waals surface area (Å²) in [7, 11) is 0. The van der Waals surface area contributed by atoms with Crippen molar-refractivity contribution >= 4 is 11.9 Å². The summed E-state index contributed by atoms with van der Waals surface area (Å²) in [5.74, 6) is 0. The van der Waals surface area contributed by atoms with Gasteiger partial charge in [-0.1, -0.05) is 12.1 Å². The number of hydrogen-bond donors (Lipinski definition) is 0. The number of nitrogens with zero attached hydrogens (tertiary/aromatic N) is 4. The van der Waals surface area contributed by atoms with Crippen molar-refractivity contribution in [1.29, 1.82) is 5.26 Å². The normalized spacial score (nSPS) is 13.3. The molecule has 4 heteroatoms. The van der Waals surface area contributed by atoms with Gasteiger partial charge in [0.25, 0.3) is 0 Å². The molecule has 1 aliphatic rings. The summed E-state index contributed by atoms with van der Waals surface area (Å²) >= 11 is 0. The Balaban J connectivity index is 2.42. The molecule has 0 unspecified atom stereocenters. The molecule has 0 N–H and O–H groups in total. The van der Waals surface area contributed by atoms with E-state index in [0.717, 1.165) is 5.56 Å². The minimum Gasteiger partial charge on any atom is -0.192 e. The average molecular weight is 169 g/mol. The Bertz CT molecular complexity index is 425. The van der Waals surface area contributed by atoms with Crippen molar-refractivity contribution in [1.82, 2.24) is 5.53 Å². The fourth-order valence-electron chi connectivity index (χ4n) is 1.06. The van der Waals surface area contributed by atoms with Gasteiger partial charge in [0, 0.05) is 5.56 Å². The second-order valence-electron chi connectivity index (χ2n) is 2.51. The van der Waals surface area contributed by atoms with E-state index in [-0.39, 0.29) is 0 Å². The van der Waals surface area contributed by atoms with E-state index in [1.807, 2.05) is 12.1 Å². The van der Waals surface area contributed by atoms with Crippen molar-refractivity contribution in [3.63, 3.8) is 0 Å². The van der Waals surface area contributed by atoms with Crippen LogP contribution in [0.2, 0.25) is 0 Å². The van der Waals surface area contributed by atoms with Gasteiger partial charge in [-0.2, -0.15) is 5.26 Å². The van der Waals surface area contributed by atoms with Gasteiger partial charge in [-0.15, -0.1) is 10.2 Å². The SMILES string of the molecule is N#Cc1cccc(C2=N[N]N=C2)c1. The quantitative estimate of drug-likeness (QED) is 0.615. The second-order valence-corrected chi connectivity index (χ2v) is 2.51. The van der Waals surface area contributed by atoms with Gasteiger partial charge >= 0.3 is 0 Å². The van der Waals surface area contributed by atoms with E-state index in [1.54, 1.807) is 18.3 Å². The van der Waals surface area contributed by atoms with E-state index in [9.17, 15) is 0 Å². The Labute approximate surface area is 75.2 Å². The highest BCUT2D eigenvalue weighted by Crippen LogP contribution is 2.06. The highest BCUT2D eigenvalue weighted by Gasteiger charge is 2.05. The first-order chi connectivity index (χ1) is 6.40. The Kier molecular flexibility index (Phi) is 1.77. The largest absolute Gasteiger partial charge is 0.192 e. The molecule has 1 aromatic rings. The standard InChI is InChI=1S/C9H5N4/c10-5-7-2-1-3-8(4-7)9-6-11-13-12-9/h1-4,6H. The van der Waals surface area contributed by atoms with Gasteiger partial charge in [-0.05, 0) is 17.7 Å². The zero-order chi connectivity index (χ0) is 9.10. The van der Waals surface area contributed by atoms with Crippen molar-refractivity contribution in [2.75, 3.05) is 0 Å². The molecule has 13 heavy (non-hydrogen) atoms. The summed E-state index contributed by atoms with van der Waals surface area (Å²) in [6.07, 6.45) is 1.57. The van der Waals surface area contributed by atoms with Gasteiger partial charge in [0.1, 0.15) is 5.71 Å². The predicted octanol–water partition coefficient (Wildman–Crippen LogP) is 0.866. The highest BCUT2D eigenvalue weighted by atomic mass is 15.5. The van der Waals surface area contributed by atoms with Gasteiger partial charge < -0.3 is 0 Å². The maximum Gasteiger partial charge on any atom is 0.115 e. The molecular weight excluding hydrogens is 164 g/mol. The van der Waals surface area contributed by atoms with Gasteiger partial charge in [-0.3, -0.25) is 0 Å². The molecule has 1 heterocycles. The molecule has 0 bridgehead atoms. The van der Waals surface area contributed by atoms with Crippen LogP contribution in [-0.2, 0) is 0 Å². The molecule has 0 saturated carbocycles. The zero-order valence-electron chi connectivity index (χ0n) is 6.68. The lowest BCUT2D eigenvalue weighted by Crippen LogP contribution is -1.99. The van der Waals surface area contributed by atoms with Crippen LogP contribution in [0.15, 0.2) is 34.5 Å². The topological polar surface area (TPSA) is 62.6 Å². The third kappa shape index (κ3) is 1.40. The Morgan fingerprint density at radius 3 is 2.92 bits per heavy atom. The molecule has 2 rings (SSSR count). The molecule has 61 valence electrons. The van der Waals surface area contributed by atoms with Crippen molar-refractivity contribution in [2.45, 2.75) is 0 Å². The molecule has 1 aliphatic heterocycles. The summed E-state index contributed by atoms with van der Waals surface area (Å²) in [4.78, 5) is 0. The third-order valence-corrected chi connectivity index (χ3v) is 1.67. The fourth-order valence-corrected chi connectivity index (χ4v) is 1.06. The smallest absolute Gasteiger partial charge is 0.115 e. The lowest BCUT2D eigenvalue weighted by atomic mass is 10.1. The molecule has 1 aromatic carbocycles. The van der Waals surface area contributed by atoms with Crippen molar-refractivity contribution in [2.24, 2.45) is 10.2 Å². The summed E-state index contributed by atoms with van der Waals surface area (Å²) in [5, 5.41) is 16.1. The molecule has 0 aromatic heterocycles. The monoisotopic (exact) mass is 169 g/mol. The number of rotatable bonds is 1. The van der Waals surface area contributed by atoms with Crippen molar-refractivity contribution in [3.8, 4) is 6.07 Å². The molecule has 0 saturated heterocycles. The van der Waals surface area contributed by atoms with E-state index < -0.39 is 0 Å². The van der Waals surface area contributed by atoms with Crippen LogP contribution in [0.5, 0.6) is 0 Å². The van der Waals surface area contributed by atoms with Gasteiger partial charge in [0.15, 0.2) is 0 Å². The summed E-state index contributed by atoms with van der Waals surface area (Å²) < 4.78 is 0. The van der Waals surface area contributed by atoms with E-state index in [4.69, 9.17) is 5.26 Å². The first-order valence-electron chi connectivity index (χ1n) is 3.72. The van der Waals surface area contributed by atoms with Gasteiger partial charge in [0.05, 0.1) is 17.8 Å². The molecule has 4 nitrogen and oxygen atoms in total. The van der Waals surface area contributed by atoms with Crippen molar-refractivity contribution < 1.29 is 0 Å².